The van der Waals surface area contributed by atoms with Gasteiger partial charge in [-0.2, -0.15) is 0 Å². The lowest BCUT2D eigenvalue weighted by molar-refractivity contribution is -0.384. The van der Waals surface area contributed by atoms with Crippen LogP contribution in [0.15, 0.2) is 151 Å². The number of hydrogen-bond donors (Lipinski definition) is 2. The van der Waals surface area contributed by atoms with Gasteiger partial charge in [-0.3, -0.25) is 15.0 Å². The van der Waals surface area contributed by atoms with Gasteiger partial charge in [0.2, 0.25) is 12.6 Å². The Morgan fingerprint density at radius 3 is 2.30 bits per heavy atom. The number of oxime groups is 1. The largest absolute Gasteiger partial charge is 0.459 e. The highest BCUT2D eigenvalue weighted by Crippen LogP contribution is 2.62. The van der Waals surface area contributed by atoms with E-state index < -0.39 is 28.8 Å². The molecule has 388 valence electrons. The molecule has 5 aromatic rings. The first-order valence-electron chi connectivity index (χ1n) is 25.4. The van der Waals surface area contributed by atoms with Crippen LogP contribution in [0, 0.1) is 27.9 Å². The molecule has 2 heterocycles. The molecule has 9 rings (SSSR count). The molecule has 0 bridgehead atoms. The summed E-state index contributed by atoms with van der Waals surface area (Å²) in [6, 6.07) is 35.7. The van der Waals surface area contributed by atoms with Crippen molar-refractivity contribution in [1.29, 1.82) is 0 Å². The van der Waals surface area contributed by atoms with Crippen LogP contribution in [0.25, 0.3) is 0 Å². The third kappa shape index (κ3) is 11.9. The van der Waals surface area contributed by atoms with Gasteiger partial charge < -0.3 is 48.2 Å². The van der Waals surface area contributed by atoms with Crippen molar-refractivity contribution in [2.45, 2.75) is 82.5 Å². The number of aliphatic hydroxyl groups excluding tert-OH is 2. The van der Waals surface area contributed by atoms with E-state index in [0.717, 1.165) is 40.7 Å². The summed E-state index contributed by atoms with van der Waals surface area (Å²) in [5.74, 6) is -0.399. The van der Waals surface area contributed by atoms with Crippen molar-refractivity contribution in [3.63, 3.8) is 0 Å². The lowest BCUT2D eigenvalue weighted by atomic mass is 9.55. The maximum absolute atomic E-state index is 15.2. The highest BCUT2D eigenvalue weighted by atomic mass is 16.7. The number of carbonyl (C=O) groups is 1. The Labute approximate surface area is 430 Å². The van der Waals surface area contributed by atoms with Gasteiger partial charge in [0.15, 0.2) is 11.5 Å². The number of rotatable bonds is 25. The van der Waals surface area contributed by atoms with Crippen LogP contribution in [0.5, 0.6) is 28.7 Å². The van der Waals surface area contributed by atoms with Gasteiger partial charge in [-0.05, 0) is 96.2 Å². The molecule has 2 aliphatic heterocycles. The van der Waals surface area contributed by atoms with E-state index in [1.165, 1.54) is 12.1 Å². The molecule has 2 N–H and O–H groups in total. The van der Waals surface area contributed by atoms with Crippen molar-refractivity contribution in [1.82, 2.24) is 4.90 Å². The molecular formula is C58H63N3O13. The SMILES string of the molecule is C=CCOC12Oc3ccc(Oc4cccc([N+](=O)[O-])c4)cc3C3C(CCCCO)C(CCCCO)C=C(C(=NOCc4ccccc4)CC1N(Cc1ccc4c(c1)OCO4)C(=O)OCCOCc1ccccc1)C32. The molecule has 1 saturated carbocycles. The number of fused-ring (bicyclic) bond motifs is 3. The van der Waals surface area contributed by atoms with E-state index in [0.29, 0.717) is 61.0 Å². The third-order valence-electron chi connectivity index (χ3n) is 14.1. The second-order valence-electron chi connectivity index (χ2n) is 18.9. The molecule has 6 atom stereocenters. The van der Waals surface area contributed by atoms with Gasteiger partial charge in [0.25, 0.3) is 5.69 Å². The summed E-state index contributed by atoms with van der Waals surface area (Å²) in [5, 5.41) is 36.9. The van der Waals surface area contributed by atoms with Gasteiger partial charge in [0.05, 0.1) is 42.4 Å². The minimum absolute atomic E-state index is 0.0240. The first-order valence-corrected chi connectivity index (χ1v) is 25.4. The summed E-state index contributed by atoms with van der Waals surface area (Å²) < 4.78 is 44.7. The minimum Gasteiger partial charge on any atom is -0.459 e. The van der Waals surface area contributed by atoms with Gasteiger partial charge in [-0.25, -0.2) is 4.79 Å². The fourth-order valence-corrected chi connectivity index (χ4v) is 10.8. The molecule has 6 unspecified atom stereocenters. The van der Waals surface area contributed by atoms with Crippen molar-refractivity contribution >= 4 is 17.5 Å². The number of aliphatic hydroxyl groups is 2. The van der Waals surface area contributed by atoms with Crippen LogP contribution in [0.1, 0.15) is 73.1 Å². The Kier molecular flexibility index (Phi) is 17.2. The van der Waals surface area contributed by atoms with Crippen molar-refractivity contribution in [2.24, 2.45) is 22.9 Å². The number of nitro groups is 1. The molecular weight excluding hydrogens is 947 g/mol. The Bertz CT molecular complexity index is 2770. The van der Waals surface area contributed by atoms with Crippen LogP contribution < -0.4 is 18.9 Å². The molecule has 74 heavy (non-hydrogen) atoms. The van der Waals surface area contributed by atoms with Gasteiger partial charge in [-0.1, -0.05) is 103 Å². The Morgan fingerprint density at radius 2 is 1.54 bits per heavy atom. The zero-order valence-corrected chi connectivity index (χ0v) is 41.3. The molecule has 0 radical (unpaired) electrons. The van der Waals surface area contributed by atoms with Gasteiger partial charge >= 0.3 is 6.09 Å². The van der Waals surface area contributed by atoms with Crippen LogP contribution in [0.2, 0.25) is 0 Å². The van der Waals surface area contributed by atoms with Crippen molar-refractivity contribution in [2.75, 3.05) is 39.8 Å². The number of nitro benzene ring substituents is 1. The van der Waals surface area contributed by atoms with E-state index in [1.807, 2.05) is 91.0 Å². The molecule has 1 amide bonds. The topological polar surface area (TPSA) is 190 Å². The number of nitrogens with zero attached hydrogens (tertiary/aromatic N) is 3. The first-order chi connectivity index (χ1) is 36.3. The summed E-state index contributed by atoms with van der Waals surface area (Å²) in [7, 11) is 0. The molecule has 0 aromatic heterocycles. The van der Waals surface area contributed by atoms with Crippen molar-refractivity contribution < 1.29 is 57.9 Å². The first kappa shape index (κ1) is 51.7. The number of non-ortho nitro benzene ring substituents is 1. The number of ether oxygens (including phenoxy) is 7. The predicted molar refractivity (Wildman–Crippen MR) is 275 cm³/mol. The number of allylic oxidation sites excluding steroid dienone is 1. The molecule has 2 aliphatic carbocycles. The molecule has 1 fully saturated rings. The van der Waals surface area contributed by atoms with Crippen LogP contribution in [0.4, 0.5) is 10.5 Å². The molecule has 4 aliphatic rings. The summed E-state index contributed by atoms with van der Waals surface area (Å²) >= 11 is 0. The van der Waals surface area contributed by atoms with E-state index in [4.69, 9.17) is 43.2 Å². The lowest BCUT2D eigenvalue weighted by Gasteiger charge is -2.59. The summed E-state index contributed by atoms with van der Waals surface area (Å²) in [6.45, 7) is 4.90. The number of benzene rings is 5. The van der Waals surface area contributed by atoms with Crippen LogP contribution in [-0.2, 0) is 38.8 Å². The van der Waals surface area contributed by atoms with Gasteiger partial charge in [-0.15, -0.1) is 6.58 Å². The predicted octanol–water partition coefficient (Wildman–Crippen LogP) is 10.8. The normalized spacial score (nSPS) is 21.6. The minimum atomic E-state index is -1.61. The second kappa shape index (κ2) is 24.7. The number of carbonyl (C=O) groups excluding carboxylic acids is 1. The Morgan fingerprint density at radius 1 is 0.811 bits per heavy atom. The maximum atomic E-state index is 15.2. The average molecular weight is 1010 g/mol. The highest BCUT2D eigenvalue weighted by Gasteiger charge is 2.66. The van der Waals surface area contributed by atoms with E-state index in [2.05, 4.69) is 12.7 Å². The quantitative estimate of drug-likeness (QED) is 0.0243. The van der Waals surface area contributed by atoms with Crippen molar-refractivity contribution in [3.05, 3.63) is 178 Å². The monoisotopic (exact) mass is 1010 g/mol. The van der Waals surface area contributed by atoms with Gasteiger partial charge in [0, 0.05) is 43.7 Å². The Balaban J connectivity index is 1.19. The third-order valence-corrected chi connectivity index (χ3v) is 14.1. The molecule has 16 heteroatoms. The van der Waals surface area contributed by atoms with Crippen LogP contribution in [0.3, 0.4) is 0 Å². The van der Waals surface area contributed by atoms with Crippen LogP contribution >= 0.6 is 0 Å². The second-order valence-corrected chi connectivity index (χ2v) is 18.9. The highest BCUT2D eigenvalue weighted by molar-refractivity contribution is 6.03. The zero-order valence-electron chi connectivity index (χ0n) is 41.3. The lowest BCUT2D eigenvalue weighted by Crippen LogP contribution is -2.70. The average Bonchev–Trinajstić information content (AvgIpc) is 3.97. The van der Waals surface area contributed by atoms with Crippen molar-refractivity contribution in [3.8, 4) is 28.7 Å². The van der Waals surface area contributed by atoms with E-state index >= 15 is 4.79 Å². The summed E-state index contributed by atoms with van der Waals surface area (Å²) in [4.78, 5) is 34.5. The maximum Gasteiger partial charge on any atom is 0.410 e. The van der Waals surface area contributed by atoms with E-state index in [-0.39, 0.29) is 88.6 Å². The Hall–Kier alpha value is -7.24. The van der Waals surface area contributed by atoms with Gasteiger partial charge in [0.1, 0.15) is 36.5 Å². The number of unbranched alkanes of at least 4 members (excludes halogenated alkanes) is 2. The molecule has 0 spiro atoms. The summed E-state index contributed by atoms with van der Waals surface area (Å²) in [5.41, 5.74) is 4.79. The smallest absolute Gasteiger partial charge is 0.410 e. The fraction of sp³-hybridized carbons (Fsp3) is 0.379. The van der Waals surface area contributed by atoms with E-state index in [9.17, 15) is 20.3 Å². The number of amides is 1. The fourth-order valence-electron chi connectivity index (χ4n) is 10.8. The van der Waals surface area contributed by atoms with Crippen LogP contribution in [-0.4, -0.2) is 83.5 Å². The molecule has 0 saturated heterocycles. The molecule has 5 aromatic carbocycles. The molecule has 16 nitrogen and oxygen atoms in total. The summed E-state index contributed by atoms with van der Waals surface area (Å²) in [6.07, 6.45) is 7.52. The standard InChI is InChI=1S/C58H63N3O13/c1-2-28-71-58-54(60(36-42-22-24-52-53(31-42)70-39-69-52)57(64)68-30-29-67-37-40-14-5-3-6-15-40)35-50(59-72-38-41-16-7-4-8-17-41)48-32-43(18-9-11-26-62)47(21-10-12-27-63)55(56(48)58)49-34-46(23-25-51(49)74-58)73-45-20-13-19-44(33-45)61(65)66/h2-8,13-17,19-20,22-25,31-34,43,47,54-56,62-63H,1,9-12,18,21,26-30,35-39H2. The zero-order chi connectivity index (χ0) is 51.3. The van der Waals surface area contributed by atoms with E-state index in [1.54, 1.807) is 29.2 Å². The number of hydrogen-bond acceptors (Lipinski definition) is 14.